The lowest BCUT2D eigenvalue weighted by Crippen LogP contribution is -2.45. The van der Waals surface area contributed by atoms with Crippen LogP contribution in [0.1, 0.15) is 12.8 Å². The number of likely N-dealkylation sites (N-methyl/N-ethyl adjacent to an activating group) is 1. The SMILES string of the molecule is CN1CCN(CCOc2ccc(NC(=O)N(C)C3CC3)cc2)CC1. The number of nitrogens with zero attached hydrogens (tertiary/aromatic N) is 3. The highest BCUT2D eigenvalue weighted by Crippen LogP contribution is 2.26. The van der Waals surface area contributed by atoms with Crippen molar-refractivity contribution in [3.05, 3.63) is 24.3 Å². The van der Waals surface area contributed by atoms with Crippen LogP contribution in [0.4, 0.5) is 10.5 Å². The van der Waals surface area contributed by atoms with Gasteiger partial charge in [0.05, 0.1) is 0 Å². The summed E-state index contributed by atoms with van der Waals surface area (Å²) in [6.45, 7) is 6.13. The van der Waals surface area contributed by atoms with Crippen molar-refractivity contribution in [2.45, 2.75) is 18.9 Å². The van der Waals surface area contributed by atoms with Crippen molar-refractivity contribution in [1.82, 2.24) is 14.7 Å². The van der Waals surface area contributed by atoms with Crippen LogP contribution in [0, 0.1) is 0 Å². The largest absolute Gasteiger partial charge is 0.492 e. The van der Waals surface area contributed by atoms with Crippen LogP contribution in [-0.2, 0) is 0 Å². The summed E-state index contributed by atoms with van der Waals surface area (Å²) in [6.07, 6.45) is 2.23. The van der Waals surface area contributed by atoms with Gasteiger partial charge in [-0.2, -0.15) is 0 Å². The van der Waals surface area contributed by atoms with Crippen molar-refractivity contribution >= 4 is 11.7 Å². The van der Waals surface area contributed by atoms with Gasteiger partial charge in [-0.15, -0.1) is 0 Å². The smallest absolute Gasteiger partial charge is 0.321 e. The molecule has 0 bridgehead atoms. The van der Waals surface area contributed by atoms with E-state index in [1.807, 2.05) is 31.3 Å². The Balaban J connectivity index is 1.38. The Morgan fingerprint density at radius 2 is 1.88 bits per heavy atom. The summed E-state index contributed by atoms with van der Waals surface area (Å²) < 4.78 is 5.81. The van der Waals surface area contributed by atoms with E-state index in [-0.39, 0.29) is 6.03 Å². The van der Waals surface area contributed by atoms with Gasteiger partial charge in [0, 0.05) is 51.5 Å². The lowest BCUT2D eigenvalue weighted by molar-refractivity contribution is 0.134. The average Bonchev–Trinajstić information content (AvgIpc) is 3.42. The van der Waals surface area contributed by atoms with Crippen molar-refractivity contribution < 1.29 is 9.53 Å². The first-order valence-electron chi connectivity index (χ1n) is 8.79. The maximum Gasteiger partial charge on any atom is 0.321 e. The molecule has 0 atom stereocenters. The molecule has 1 aliphatic heterocycles. The lowest BCUT2D eigenvalue weighted by atomic mass is 10.3. The summed E-state index contributed by atoms with van der Waals surface area (Å²) in [4.78, 5) is 18.6. The molecule has 6 nitrogen and oxygen atoms in total. The summed E-state index contributed by atoms with van der Waals surface area (Å²) >= 11 is 0. The number of hydrogen-bond acceptors (Lipinski definition) is 4. The minimum atomic E-state index is -0.0405. The molecule has 1 heterocycles. The Labute approximate surface area is 144 Å². The predicted molar refractivity (Wildman–Crippen MR) is 95.7 cm³/mol. The molecule has 2 fully saturated rings. The lowest BCUT2D eigenvalue weighted by Gasteiger charge is -2.32. The minimum absolute atomic E-state index is 0.0405. The highest BCUT2D eigenvalue weighted by Gasteiger charge is 2.29. The van der Waals surface area contributed by atoms with Crippen molar-refractivity contribution in [3.8, 4) is 5.75 Å². The van der Waals surface area contributed by atoms with Gasteiger partial charge in [-0.1, -0.05) is 0 Å². The van der Waals surface area contributed by atoms with E-state index in [4.69, 9.17) is 4.74 Å². The summed E-state index contributed by atoms with van der Waals surface area (Å²) in [5.41, 5.74) is 0.805. The molecular formula is C18H28N4O2. The molecule has 1 aromatic carbocycles. The van der Waals surface area contributed by atoms with Crippen LogP contribution in [0.2, 0.25) is 0 Å². The van der Waals surface area contributed by atoms with E-state index in [1.54, 1.807) is 4.90 Å². The van der Waals surface area contributed by atoms with Crippen molar-refractivity contribution in [2.24, 2.45) is 0 Å². The molecule has 1 aliphatic carbocycles. The fourth-order valence-electron chi connectivity index (χ4n) is 2.84. The van der Waals surface area contributed by atoms with Crippen molar-refractivity contribution in [1.29, 1.82) is 0 Å². The highest BCUT2D eigenvalue weighted by molar-refractivity contribution is 5.89. The summed E-state index contributed by atoms with van der Waals surface area (Å²) in [7, 11) is 4.01. The van der Waals surface area contributed by atoms with Crippen LogP contribution in [0.15, 0.2) is 24.3 Å². The van der Waals surface area contributed by atoms with E-state index in [9.17, 15) is 4.79 Å². The Morgan fingerprint density at radius 1 is 1.21 bits per heavy atom. The fraction of sp³-hybridized carbons (Fsp3) is 0.611. The number of benzene rings is 1. The molecule has 132 valence electrons. The third-order valence-electron chi connectivity index (χ3n) is 4.79. The van der Waals surface area contributed by atoms with Gasteiger partial charge in [0.25, 0.3) is 0 Å². The molecule has 1 saturated carbocycles. The molecule has 0 aromatic heterocycles. The van der Waals surface area contributed by atoms with Crippen molar-refractivity contribution in [3.63, 3.8) is 0 Å². The number of piperazine rings is 1. The molecule has 1 N–H and O–H groups in total. The number of nitrogens with one attached hydrogen (secondary N) is 1. The quantitative estimate of drug-likeness (QED) is 0.865. The molecule has 0 spiro atoms. The molecular weight excluding hydrogens is 304 g/mol. The number of amides is 2. The second kappa shape index (κ2) is 7.85. The molecule has 0 radical (unpaired) electrons. The second-order valence-electron chi connectivity index (χ2n) is 6.79. The third-order valence-corrected chi connectivity index (χ3v) is 4.79. The standard InChI is InChI=1S/C18H28N4O2/c1-20-9-11-22(12-10-20)13-14-24-17-7-3-15(4-8-17)19-18(23)21(2)16-5-6-16/h3-4,7-8,16H,5-6,9-14H2,1-2H3,(H,19,23). The van der Waals surface area contributed by atoms with Gasteiger partial charge >= 0.3 is 6.03 Å². The van der Waals surface area contributed by atoms with Gasteiger partial charge in [-0.3, -0.25) is 4.90 Å². The number of hydrogen-bond donors (Lipinski definition) is 1. The zero-order valence-electron chi connectivity index (χ0n) is 14.7. The normalized spacial score (nSPS) is 19.1. The van der Waals surface area contributed by atoms with Crippen LogP contribution < -0.4 is 10.1 Å². The summed E-state index contributed by atoms with van der Waals surface area (Å²) in [6, 6.07) is 7.99. The van der Waals surface area contributed by atoms with E-state index >= 15 is 0 Å². The molecule has 3 rings (SSSR count). The van der Waals surface area contributed by atoms with Crippen LogP contribution in [-0.4, -0.2) is 80.2 Å². The number of anilines is 1. The highest BCUT2D eigenvalue weighted by atomic mass is 16.5. The van der Waals surface area contributed by atoms with E-state index in [2.05, 4.69) is 22.2 Å². The first-order chi connectivity index (χ1) is 11.6. The van der Waals surface area contributed by atoms with Crippen LogP contribution >= 0.6 is 0 Å². The summed E-state index contributed by atoms with van der Waals surface area (Å²) in [5, 5.41) is 2.92. The Morgan fingerprint density at radius 3 is 2.50 bits per heavy atom. The topological polar surface area (TPSA) is 48.1 Å². The fourth-order valence-corrected chi connectivity index (χ4v) is 2.84. The maximum absolute atomic E-state index is 12.0. The zero-order chi connectivity index (χ0) is 16.9. The first kappa shape index (κ1) is 17.0. The summed E-state index contributed by atoms with van der Waals surface area (Å²) in [5.74, 6) is 0.845. The van der Waals surface area contributed by atoms with E-state index in [0.717, 1.165) is 57.0 Å². The first-order valence-corrected chi connectivity index (χ1v) is 8.79. The molecule has 1 saturated heterocycles. The van der Waals surface area contributed by atoms with Gasteiger partial charge in [-0.05, 0) is 44.2 Å². The minimum Gasteiger partial charge on any atom is -0.492 e. The predicted octanol–water partition coefficient (Wildman–Crippen LogP) is 1.94. The zero-order valence-corrected chi connectivity index (χ0v) is 14.7. The number of carbonyl (C=O) groups excluding carboxylic acids is 1. The van der Waals surface area contributed by atoms with Gasteiger partial charge in [0.2, 0.25) is 0 Å². The molecule has 24 heavy (non-hydrogen) atoms. The molecule has 2 amide bonds. The number of urea groups is 1. The van der Waals surface area contributed by atoms with E-state index in [1.165, 1.54) is 0 Å². The Kier molecular flexibility index (Phi) is 5.58. The van der Waals surface area contributed by atoms with Crippen LogP contribution in [0.5, 0.6) is 5.75 Å². The second-order valence-corrected chi connectivity index (χ2v) is 6.79. The third kappa shape index (κ3) is 4.85. The average molecular weight is 332 g/mol. The molecule has 1 aromatic rings. The number of rotatable bonds is 6. The maximum atomic E-state index is 12.0. The molecule has 0 unspecified atom stereocenters. The van der Waals surface area contributed by atoms with Crippen LogP contribution in [0.3, 0.4) is 0 Å². The van der Waals surface area contributed by atoms with E-state index in [0.29, 0.717) is 12.6 Å². The monoisotopic (exact) mass is 332 g/mol. The van der Waals surface area contributed by atoms with Crippen molar-refractivity contribution in [2.75, 3.05) is 58.7 Å². The van der Waals surface area contributed by atoms with Crippen LogP contribution in [0.25, 0.3) is 0 Å². The molecule has 2 aliphatic rings. The van der Waals surface area contributed by atoms with Gasteiger partial charge < -0.3 is 19.9 Å². The van der Waals surface area contributed by atoms with Gasteiger partial charge in [0.15, 0.2) is 0 Å². The number of ether oxygens (including phenoxy) is 1. The Hall–Kier alpha value is -1.79. The number of carbonyl (C=O) groups is 1. The van der Waals surface area contributed by atoms with Gasteiger partial charge in [-0.25, -0.2) is 4.79 Å². The molecule has 6 heteroatoms. The van der Waals surface area contributed by atoms with Gasteiger partial charge in [0.1, 0.15) is 12.4 Å². The Bertz CT molecular complexity index is 536. The van der Waals surface area contributed by atoms with E-state index < -0.39 is 0 Å².